The zero-order valence-electron chi connectivity index (χ0n) is 28.4. The highest BCUT2D eigenvalue weighted by atomic mass is 16.5. The monoisotopic (exact) mass is 624 g/mol. The number of carbonyl (C=O) groups is 1. The Kier molecular flexibility index (Phi) is 11.2. The molecule has 2 aromatic heterocycles. The number of piperidine rings is 1. The number of carboxylic acids is 1. The molecule has 0 radical (unpaired) electrons. The van der Waals surface area contributed by atoms with Gasteiger partial charge in [-0.15, -0.1) is 0 Å². The molecule has 4 bridgehead atoms. The van der Waals surface area contributed by atoms with Gasteiger partial charge in [-0.1, -0.05) is 12.1 Å². The minimum atomic E-state index is -0.882. The minimum absolute atomic E-state index is 0.0864. The molecule has 0 spiro atoms. The van der Waals surface area contributed by atoms with Gasteiger partial charge >= 0.3 is 5.97 Å². The SMILES string of the molecule is CC(C)(C)O.Cc1ccc2c(c1)OC(C)CCCCOC1(C)CCN(CC1)c1c(CC(=O)O)c(C)nc3cc(nn13)COC2C. The number of hydrogen-bond acceptors (Lipinski definition) is 8. The van der Waals surface area contributed by atoms with Gasteiger partial charge in [-0.2, -0.15) is 9.61 Å². The first-order valence-corrected chi connectivity index (χ1v) is 16.2. The molecule has 0 aliphatic carbocycles. The number of aliphatic carboxylic acids is 1. The predicted molar refractivity (Wildman–Crippen MR) is 175 cm³/mol. The number of fused-ring (bicyclic) bond motifs is 10. The number of benzene rings is 1. The number of ether oxygens (including phenoxy) is 3. The van der Waals surface area contributed by atoms with Crippen molar-refractivity contribution >= 4 is 17.4 Å². The predicted octanol–water partition coefficient (Wildman–Crippen LogP) is 6.35. The van der Waals surface area contributed by atoms with Crippen LogP contribution in [-0.4, -0.2) is 67.8 Å². The van der Waals surface area contributed by atoms with Gasteiger partial charge < -0.3 is 29.3 Å². The smallest absolute Gasteiger partial charge is 0.308 e. The third kappa shape index (κ3) is 9.64. The van der Waals surface area contributed by atoms with Crippen LogP contribution >= 0.6 is 0 Å². The number of hydrogen-bond donors (Lipinski definition) is 2. The van der Waals surface area contributed by atoms with Gasteiger partial charge in [-0.3, -0.25) is 4.79 Å². The van der Waals surface area contributed by atoms with E-state index in [2.05, 4.69) is 43.9 Å². The molecular weight excluding hydrogens is 572 g/mol. The van der Waals surface area contributed by atoms with E-state index in [-0.39, 0.29) is 24.2 Å². The number of anilines is 1. The summed E-state index contributed by atoms with van der Waals surface area (Å²) in [6.45, 7) is 18.1. The van der Waals surface area contributed by atoms with Crippen molar-refractivity contribution in [2.24, 2.45) is 0 Å². The molecule has 6 rings (SSSR count). The van der Waals surface area contributed by atoms with Gasteiger partial charge in [0.25, 0.3) is 0 Å². The molecule has 2 unspecified atom stereocenters. The Bertz CT molecular complexity index is 1450. The van der Waals surface area contributed by atoms with Gasteiger partial charge in [0.15, 0.2) is 5.65 Å². The summed E-state index contributed by atoms with van der Waals surface area (Å²) in [5.41, 5.74) is 4.30. The Labute approximate surface area is 267 Å². The second-order valence-electron chi connectivity index (χ2n) is 13.9. The van der Waals surface area contributed by atoms with E-state index >= 15 is 0 Å². The molecule has 3 aliphatic rings. The lowest BCUT2D eigenvalue weighted by atomic mass is 9.92. The van der Waals surface area contributed by atoms with Crippen LogP contribution in [-0.2, 0) is 27.3 Å². The average molecular weight is 625 g/mol. The zero-order valence-corrected chi connectivity index (χ0v) is 28.4. The van der Waals surface area contributed by atoms with Crippen molar-refractivity contribution in [1.82, 2.24) is 14.6 Å². The van der Waals surface area contributed by atoms with Gasteiger partial charge in [0.2, 0.25) is 0 Å². The maximum atomic E-state index is 11.8. The van der Waals surface area contributed by atoms with Gasteiger partial charge in [0.05, 0.1) is 42.1 Å². The number of carboxylic acid groups (broad SMARTS) is 1. The largest absolute Gasteiger partial charge is 0.490 e. The molecule has 0 amide bonds. The molecule has 2 N–H and O–H groups in total. The Morgan fingerprint density at radius 1 is 1.11 bits per heavy atom. The molecule has 0 saturated carbocycles. The van der Waals surface area contributed by atoms with E-state index in [0.29, 0.717) is 23.5 Å². The van der Waals surface area contributed by atoms with Crippen LogP contribution in [0.1, 0.15) is 108 Å². The fourth-order valence-electron chi connectivity index (χ4n) is 5.78. The molecule has 3 aromatic rings. The van der Waals surface area contributed by atoms with Crippen LogP contribution in [0, 0.1) is 13.8 Å². The summed E-state index contributed by atoms with van der Waals surface area (Å²) < 4.78 is 21.0. The van der Waals surface area contributed by atoms with Crippen LogP contribution in [0.5, 0.6) is 5.75 Å². The Hall–Kier alpha value is -3.21. The van der Waals surface area contributed by atoms with E-state index in [9.17, 15) is 9.90 Å². The highest BCUT2D eigenvalue weighted by Gasteiger charge is 2.33. The molecule has 1 fully saturated rings. The first-order chi connectivity index (χ1) is 21.1. The quantitative estimate of drug-likeness (QED) is 0.336. The summed E-state index contributed by atoms with van der Waals surface area (Å²) >= 11 is 0. The number of rotatable bonds is 2. The fourth-order valence-corrected chi connectivity index (χ4v) is 5.78. The first-order valence-electron chi connectivity index (χ1n) is 16.2. The van der Waals surface area contributed by atoms with Crippen molar-refractivity contribution in [1.29, 1.82) is 0 Å². The molecule has 2 atom stereocenters. The number of aryl methyl sites for hydroxylation is 2. The maximum absolute atomic E-state index is 11.8. The van der Waals surface area contributed by atoms with Crippen molar-refractivity contribution in [3.05, 3.63) is 52.3 Å². The lowest BCUT2D eigenvalue weighted by Crippen LogP contribution is -2.45. The zero-order chi connectivity index (χ0) is 32.9. The average Bonchev–Trinajstić information content (AvgIpc) is 3.33. The van der Waals surface area contributed by atoms with Crippen molar-refractivity contribution in [2.45, 2.75) is 124 Å². The minimum Gasteiger partial charge on any atom is -0.490 e. The van der Waals surface area contributed by atoms with E-state index in [4.69, 9.17) is 29.4 Å². The molecule has 10 nitrogen and oxygen atoms in total. The lowest BCUT2D eigenvalue weighted by molar-refractivity contribution is -0.136. The summed E-state index contributed by atoms with van der Waals surface area (Å²) in [5, 5.41) is 23.1. The maximum Gasteiger partial charge on any atom is 0.308 e. The molecule has 45 heavy (non-hydrogen) atoms. The van der Waals surface area contributed by atoms with E-state index in [1.807, 2.05) is 19.9 Å². The summed E-state index contributed by atoms with van der Waals surface area (Å²) in [6.07, 6.45) is 4.45. The first kappa shape index (κ1) is 34.7. The van der Waals surface area contributed by atoms with E-state index in [1.165, 1.54) is 0 Å². The van der Waals surface area contributed by atoms with Gasteiger partial charge in [-0.25, -0.2) is 4.98 Å². The number of aliphatic hydroxyl groups is 1. The normalized spacial score (nSPS) is 23.2. The number of aromatic nitrogens is 3. The second-order valence-corrected chi connectivity index (χ2v) is 13.9. The Balaban J connectivity index is 0.000000854. The summed E-state index contributed by atoms with van der Waals surface area (Å²) in [4.78, 5) is 18.8. The second kappa shape index (κ2) is 14.5. The van der Waals surface area contributed by atoms with Crippen LogP contribution in [0.2, 0.25) is 0 Å². The summed E-state index contributed by atoms with van der Waals surface area (Å²) in [5.74, 6) is 0.784. The van der Waals surface area contributed by atoms with Crippen LogP contribution in [0.15, 0.2) is 24.3 Å². The van der Waals surface area contributed by atoms with Gasteiger partial charge in [0.1, 0.15) is 11.6 Å². The molecule has 5 heterocycles. The van der Waals surface area contributed by atoms with E-state index in [0.717, 1.165) is 80.2 Å². The molecule has 1 saturated heterocycles. The third-order valence-electron chi connectivity index (χ3n) is 8.25. The van der Waals surface area contributed by atoms with Crippen molar-refractivity contribution in [3.8, 4) is 5.75 Å². The standard InChI is InChI=1S/C31H42N4O5.C4H10O/c1-20-9-10-25-23(4)38-19-24-17-28-32-22(3)26(18-29(36)37)30(35(28)33-24)34-13-11-31(5,12-14-34)39-15-7-6-8-21(2)40-27(25)16-20;1-4(2,3)5/h9-10,16-17,21,23H,6-8,11-15,18-19H2,1-5H3,(H,36,37);5H,1-3H3. The summed E-state index contributed by atoms with van der Waals surface area (Å²) in [7, 11) is 0. The van der Waals surface area contributed by atoms with Crippen LogP contribution in [0.3, 0.4) is 0 Å². The molecule has 248 valence electrons. The molecule has 10 heteroatoms. The van der Waals surface area contributed by atoms with Crippen molar-refractivity contribution in [2.75, 3.05) is 24.6 Å². The van der Waals surface area contributed by atoms with Gasteiger partial charge in [0, 0.05) is 42.6 Å². The van der Waals surface area contributed by atoms with E-state index < -0.39 is 11.6 Å². The topological polar surface area (TPSA) is 119 Å². The highest BCUT2D eigenvalue weighted by molar-refractivity contribution is 5.74. The third-order valence-corrected chi connectivity index (χ3v) is 8.25. The summed E-state index contributed by atoms with van der Waals surface area (Å²) in [6, 6.07) is 8.18. The molecule has 3 aliphatic heterocycles. The molecular formula is C35H52N4O6. The molecule has 1 aromatic carbocycles. The Morgan fingerprint density at radius 2 is 1.80 bits per heavy atom. The van der Waals surface area contributed by atoms with Crippen molar-refractivity contribution < 1.29 is 29.2 Å². The van der Waals surface area contributed by atoms with Gasteiger partial charge in [-0.05, 0) is 99.1 Å². The van der Waals surface area contributed by atoms with E-state index in [1.54, 1.807) is 25.3 Å². The van der Waals surface area contributed by atoms with Crippen molar-refractivity contribution in [3.63, 3.8) is 0 Å². The van der Waals surface area contributed by atoms with Crippen LogP contribution in [0.4, 0.5) is 5.82 Å². The number of nitrogens with zero attached hydrogens (tertiary/aromatic N) is 4. The van der Waals surface area contributed by atoms with Crippen LogP contribution in [0.25, 0.3) is 5.65 Å². The fraction of sp³-hybridized carbons (Fsp3) is 0.629. The van der Waals surface area contributed by atoms with Crippen LogP contribution < -0.4 is 9.64 Å². The Morgan fingerprint density at radius 3 is 2.47 bits per heavy atom. The lowest BCUT2D eigenvalue weighted by Gasteiger charge is -2.41. The highest BCUT2D eigenvalue weighted by Crippen LogP contribution is 2.34.